The van der Waals surface area contributed by atoms with Crippen molar-refractivity contribution in [2.45, 2.75) is 82.9 Å². The quantitative estimate of drug-likeness (QED) is 0.220. The highest BCUT2D eigenvalue weighted by Gasteiger charge is 2.69. The topological polar surface area (TPSA) is 152 Å². The van der Waals surface area contributed by atoms with Crippen molar-refractivity contribution >= 4 is 41.4 Å². The van der Waals surface area contributed by atoms with E-state index in [2.05, 4.69) is 13.2 Å². The molecule has 1 aliphatic heterocycles. The summed E-state index contributed by atoms with van der Waals surface area (Å²) >= 11 is 6.69. The fraction of sp³-hybridized carbons (Fsp3) is 0.607. The van der Waals surface area contributed by atoms with Gasteiger partial charge in [-0.15, -0.1) is 11.6 Å². The minimum atomic E-state index is -2.19. The van der Waals surface area contributed by atoms with Gasteiger partial charge in [0.2, 0.25) is 0 Å². The van der Waals surface area contributed by atoms with E-state index in [1.165, 1.54) is 26.0 Å². The molecule has 9 unspecified atom stereocenters. The molecule has 0 radical (unpaired) electrons. The van der Waals surface area contributed by atoms with Crippen LogP contribution in [0.15, 0.2) is 36.5 Å². The number of carbonyl (C=O) groups excluding carboxylic acids is 5. The number of carbonyl (C=O) groups is 5. The fourth-order valence-electron chi connectivity index (χ4n) is 5.98. The van der Waals surface area contributed by atoms with Crippen molar-refractivity contribution in [3.8, 4) is 0 Å². The summed E-state index contributed by atoms with van der Waals surface area (Å²) in [6.45, 7) is 14.0. The van der Waals surface area contributed by atoms with E-state index in [0.29, 0.717) is 5.57 Å². The van der Waals surface area contributed by atoms with Gasteiger partial charge in [0.1, 0.15) is 18.3 Å². The molecule has 0 bridgehead atoms. The normalized spacial score (nSPS) is 37.4. The smallest absolute Gasteiger partial charge is 0.344 e. The SMILES string of the molecule is C=C1C=CC(OC(=O)COC(C)=O)C2(C)C(OC(C)=O)CCC(=C)C2C(OC(C)=O)C2(O)C(C)C(=O)OC2C1Cl. The zero-order chi connectivity index (χ0) is 30.2. The minimum absolute atomic E-state index is 0.190. The van der Waals surface area contributed by atoms with Gasteiger partial charge in [-0.3, -0.25) is 19.2 Å². The first-order valence-corrected chi connectivity index (χ1v) is 13.3. The van der Waals surface area contributed by atoms with Crippen molar-refractivity contribution in [1.29, 1.82) is 0 Å². The van der Waals surface area contributed by atoms with Crippen LogP contribution >= 0.6 is 11.6 Å². The summed E-state index contributed by atoms with van der Waals surface area (Å²) < 4.78 is 27.6. The molecule has 0 spiro atoms. The number of hydrogen-bond donors (Lipinski definition) is 1. The molecule has 0 aromatic rings. The average molecular weight is 583 g/mol. The molecule has 0 aromatic heterocycles. The van der Waals surface area contributed by atoms with E-state index in [4.69, 9.17) is 35.3 Å². The molecule has 11 nitrogen and oxygen atoms in total. The molecule has 1 N–H and O–H groups in total. The van der Waals surface area contributed by atoms with E-state index in [0.717, 1.165) is 13.8 Å². The molecule has 1 saturated carbocycles. The van der Waals surface area contributed by atoms with E-state index in [1.807, 2.05) is 0 Å². The summed E-state index contributed by atoms with van der Waals surface area (Å²) in [6, 6.07) is 0. The number of hydrogen-bond acceptors (Lipinski definition) is 11. The van der Waals surface area contributed by atoms with E-state index in [9.17, 15) is 29.1 Å². The van der Waals surface area contributed by atoms with Gasteiger partial charge in [0, 0.05) is 26.7 Å². The minimum Gasteiger partial charge on any atom is -0.462 e. The van der Waals surface area contributed by atoms with Gasteiger partial charge in [0.05, 0.1) is 16.7 Å². The zero-order valence-electron chi connectivity index (χ0n) is 23.1. The van der Waals surface area contributed by atoms with Gasteiger partial charge >= 0.3 is 29.8 Å². The lowest BCUT2D eigenvalue weighted by molar-refractivity contribution is -0.218. The largest absolute Gasteiger partial charge is 0.462 e. The predicted molar refractivity (Wildman–Crippen MR) is 140 cm³/mol. The molecule has 220 valence electrons. The molecule has 2 fully saturated rings. The lowest BCUT2D eigenvalue weighted by Crippen LogP contribution is -2.66. The molecule has 12 heteroatoms. The van der Waals surface area contributed by atoms with E-state index >= 15 is 0 Å². The highest BCUT2D eigenvalue weighted by atomic mass is 35.5. The molecule has 1 heterocycles. The Morgan fingerprint density at radius 2 is 1.73 bits per heavy atom. The fourth-order valence-corrected chi connectivity index (χ4v) is 6.31. The molecule has 1 saturated heterocycles. The van der Waals surface area contributed by atoms with Crippen molar-refractivity contribution in [3.05, 3.63) is 36.5 Å². The van der Waals surface area contributed by atoms with Gasteiger partial charge in [-0.25, -0.2) is 4.79 Å². The Labute approximate surface area is 237 Å². The van der Waals surface area contributed by atoms with Gasteiger partial charge in [0.15, 0.2) is 18.3 Å². The summed E-state index contributed by atoms with van der Waals surface area (Å²) in [7, 11) is 0. The molecule has 3 rings (SSSR count). The maximum Gasteiger partial charge on any atom is 0.344 e. The maximum atomic E-state index is 12.9. The number of fused-ring (bicyclic) bond motifs is 2. The summed E-state index contributed by atoms with van der Waals surface area (Å²) in [5, 5.41) is 11.2. The number of rotatable bonds is 5. The lowest BCUT2D eigenvalue weighted by atomic mass is 9.55. The Balaban J connectivity index is 2.32. The van der Waals surface area contributed by atoms with Crippen molar-refractivity contribution in [3.63, 3.8) is 0 Å². The number of halogens is 1. The highest BCUT2D eigenvalue weighted by Crippen LogP contribution is 2.56. The Morgan fingerprint density at radius 1 is 1.10 bits per heavy atom. The Bertz CT molecular complexity index is 1150. The Morgan fingerprint density at radius 3 is 2.30 bits per heavy atom. The maximum absolute atomic E-state index is 12.9. The van der Waals surface area contributed by atoms with Crippen LogP contribution in [0.4, 0.5) is 0 Å². The third-order valence-corrected chi connectivity index (χ3v) is 8.52. The number of ether oxygens (including phenoxy) is 5. The number of aliphatic hydroxyl groups is 1. The van der Waals surface area contributed by atoms with Gasteiger partial charge < -0.3 is 28.8 Å². The number of alkyl halides is 1. The van der Waals surface area contributed by atoms with E-state index in [-0.39, 0.29) is 18.4 Å². The first-order valence-electron chi connectivity index (χ1n) is 12.8. The van der Waals surface area contributed by atoms with Crippen molar-refractivity contribution in [2.75, 3.05) is 6.61 Å². The van der Waals surface area contributed by atoms with Gasteiger partial charge in [0.25, 0.3) is 0 Å². The number of esters is 5. The van der Waals surface area contributed by atoms with Crippen LogP contribution in [0.25, 0.3) is 0 Å². The van der Waals surface area contributed by atoms with E-state index in [1.54, 1.807) is 6.92 Å². The van der Waals surface area contributed by atoms with Gasteiger partial charge in [-0.1, -0.05) is 31.7 Å². The second-order valence-corrected chi connectivity index (χ2v) is 11.1. The lowest BCUT2D eigenvalue weighted by Gasteiger charge is -2.55. The van der Waals surface area contributed by atoms with Gasteiger partial charge in [-0.2, -0.15) is 0 Å². The molecule has 3 aliphatic rings. The summed E-state index contributed by atoms with van der Waals surface area (Å²) in [6.07, 6.45) is -1.59. The summed E-state index contributed by atoms with van der Waals surface area (Å²) in [4.78, 5) is 61.7. The molecule has 0 aromatic carbocycles. The van der Waals surface area contributed by atoms with Crippen LogP contribution in [0.1, 0.15) is 47.5 Å². The van der Waals surface area contributed by atoms with Crippen LogP contribution in [0.5, 0.6) is 0 Å². The first-order chi connectivity index (χ1) is 18.5. The second-order valence-electron chi connectivity index (χ2n) is 10.7. The van der Waals surface area contributed by atoms with Crippen LogP contribution in [-0.2, 0) is 47.7 Å². The summed E-state index contributed by atoms with van der Waals surface area (Å²) in [5.41, 5.74) is -2.96. The predicted octanol–water partition coefficient (Wildman–Crippen LogP) is 2.32. The van der Waals surface area contributed by atoms with Gasteiger partial charge in [-0.05, 0) is 31.4 Å². The van der Waals surface area contributed by atoms with Crippen molar-refractivity contribution < 1.29 is 52.8 Å². The third kappa shape index (κ3) is 5.67. The van der Waals surface area contributed by atoms with E-state index < -0.39 is 89.1 Å². The average Bonchev–Trinajstić information content (AvgIpc) is 3.09. The Hall–Kier alpha value is -3.18. The monoisotopic (exact) mass is 582 g/mol. The second kappa shape index (κ2) is 11.7. The van der Waals surface area contributed by atoms with Crippen LogP contribution in [0.3, 0.4) is 0 Å². The Kier molecular flexibility index (Phi) is 9.20. The first kappa shape index (κ1) is 31.3. The highest BCUT2D eigenvalue weighted by molar-refractivity contribution is 6.23. The molecule has 9 atom stereocenters. The molecular weight excluding hydrogens is 548 g/mol. The van der Waals surface area contributed by atoms with Crippen LogP contribution in [0.2, 0.25) is 0 Å². The van der Waals surface area contributed by atoms with Crippen LogP contribution < -0.4 is 0 Å². The molecule has 40 heavy (non-hydrogen) atoms. The van der Waals surface area contributed by atoms with Crippen LogP contribution in [0, 0.1) is 17.3 Å². The summed E-state index contributed by atoms with van der Waals surface area (Å²) in [5.74, 6) is -6.05. The number of allylic oxidation sites excluding steroid dienone is 1. The van der Waals surface area contributed by atoms with Crippen molar-refractivity contribution in [2.24, 2.45) is 17.3 Å². The standard InChI is InChI=1S/C28H35ClO11/c1-13-8-10-19(37-17(5)31)27(7)20(39-21(33)12-36-16(4)30)11-9-14(2)23(29)25-28(35,15(3)26(34)40-25)24(22(13)27)38-18(6)32/h9,11,15,19-20,22-25,35H,1-2,8,10,12H2,3-7H3. The van der Waals surface area contributed by atoms with Crippen molar-refractivity contribution in [1.82, 2.24) is 0 Å². The zero-order valence-corrected chi connectivity index (χ0v) is 23.9. The molecule has 2 aliphatic carbocycles. The van der Waals surface area contributed by atoms with Crippen LogP contribution in [-0.4, -0.2) is 77.0 Å². The molecular formula is C28H35ClO11. The molecule has 0 amide bonds. The third-order valence-electron chi connectivity index (χ3n) is 8.01.